The number of likely N-dealkylation sites (N-methyl/N-ethyl adjacent to an activating group) is 3. The lowest BCUT2D eigenvalue weighted by atomic mass is 10.3. The molecule has 6 N–H and O–H groups in total. The average molecular weight is 786 g/mol. The number of hydrogen-bond donors (Lipinski definition) is 4. The van der Waals surface area contributed by atoms with Crippen LogP contribution in [0.5, 0.6) is 0 Å². The average Bonchev–Trinajstić information content (AvgIpc) is 3.39. The highest BCUT2D eigenvalue weighted by atomic mass is 31.0. The van der Waals surface area contributed by atoms with E-state index in [0.717, 1.165) is 32.8 Å². The van der Waals surface area contributed by atoms with E-state index in [4.69, 9.17) is 40.5 Å². The van der Waals surface area contributed by atoms with Gasteiger partial charge in [0.2, 0.25) is 0 Å². The molecule has 4 heterocycles. The minimum absolute atomic E-state index is 0. The molecule has 50 heavy (non-hydrogen) atoms. The van der Waals surface area contributed by atoms with Crippen molar-refractivity contribution in [3.63, 3.8) is 0 Å². The number of nitrogens with zero attached hydrogens (tertiary/aromatic N) is 7. The van der Waals surface area contributed by atoms with Crippen LogP contribution in [-0.4, -0.2) is 151 Å². The topological polar surface area (TPSA) is 237 Å². The number of morpholine rings is 3. The van der Waals surface area contributed by atoms with Crippen molar-refractivity contribution in [1.29, 1.82) is 0 Å². The van der Waals surface area contributed by atoms with Gasteiger partial charge in [0.1, 0.15) is 17.8 Å². The first-order valence-electron chi connectivity index (χ1n) is 13.2. The largest absolute Gasteiger partial charge is 0.479 e. The number of aliphatic carboxylic acids is 1. The molecular weight excluding hydrogens is 711 g/mol. The zero-order valence-corrected chi connectivity index (χ0v) is 31.5. The third kappa shape index (κ3) is 29.6. The van der Waals surface area contributed by atoms with Crippen molar-refractivity contribution in [2.45, 2.75) is 76.2 Å². The summed E-state index contributed by atoms with van der Waals surface area (Å²) in [7, 11) is 5.86. The summed E-state index contributed by atoms with van der Waals surface area (Å²) in [5, 5.41) is 25.8. The van der Waals surface area contributed by atoms with Crippen LogP contribution >= 0.6 is 29.7 Å². The Kier molecular flexibility index (Phi) is 48.5. The molecule has 1 aromatic rings. The summed E-state index contributed by atoms with van der Waals surface area (Å²) < 4.78 is 20.7. The first kappa shape index (κ1) is 66.2. The van der Waals surface area contributed by atoms with E-state index in [9.17, 15) is 9.59 Å². The molecule has 0 radical (unpaired) electrons. The maximum atomic E-state index is 11.3. The van der Waals surface area contributed by atoms with E-state index in [0.29, 0.717) is 38.0 Å². The number of ether oxygens (including phenoxy) is 3. The Morgan fingerprint density at radius 2 is 1.22 bits per heavy atom. The number of rotatable bonds is 4. The maximum Gasteiger partial charge on any atom is 0.364 e. The van der Waals surface area contributed by atoms with Gasteiger partial charge in [-0.2, -0.15) is 34.7 Å². The van der Waals surface area contributed by atoms with Gasteiger partial charge in [0.15, 0.2) is 18.0 Å². The molecule has 21 heteroatoms. The van der Waals surface area contributed by atoms with Crippen molar-refractivity contribution in [2.24, 2.45) is 21.8 Å². The number of carbonyl (C=O) groups is 2. The van der Waals surface area contributed by atoms with E-state index in [1.165, 1.54) is 6.92 Å². The van der Waals surface area contributed by atoms with Crippen LogP contribution in [0, 0.1) is 6.92 Å². The van der Waals surface area contributed by atoms with Crippen LogP contribution in [0.2, 0.25) is 0 Å². The molecule has 3 saturated heterocycles. The molecule has 304 valence electrons. The number of aromatic nitrogens is 2. The predicted octanol–water partition coefficient (Wildman–Crippen LogP) is 2.04. The first-order valence-corrected chi connectivity index (χ1v) is 13.2. The van der Waals surface area contributed by atoms with Gasteiger partial charge in [0.05, 0.1) is 19.8 Å². The van der Waals surface area contributed by atoms with Crippen LogP contribution in [0.1, 0.15) is 68.8 Å². The lowest BCUT2D eigenvalue weighted by Crippen LogP contribution is -2.44. The third-order valence-corrected chi connectivity index (χ3v) is 5.60. The fraction of sp³-hybridized carbons (Fsp3) is 0.793. The molecule has 0 spiro atoms. The van der Waals surface area contributed by atoms with Gasteiger partial charge in [0.25, 0.3) is 5.89 Å². The molecule has 0 aliphatic carbocycles. The van der Waals surface area contributed by atoms with Crippen LogP contribution < -0.4 is 11.5 Å². The number of hydrogen-bond acceptors (Lipinski definition) is 15. The second-order valence-corrected chi connectivity index (χ2v) is 9.77. The molecule has 0 aromatic carbocycles. The highest BCUT2D eigenvalue weighted by Gasteiger charge is 2.27. The Labute approximate surface area is 311 Å². The Morgan fingerprint density at radius 1 is 0.800 bits per heavy atom. The van der Waals surface area contributed by atoms with E-state index in [-0.39, 0.29) is 84.6 Å². The standard InChI is InChI=1S/C8H15N3O3.C8H13N3O2.C6H11NO3.C2H6N2O.5CH4.3H3P/c1-6(9)10-14-8(12)7-5-11(2)3-4-13-7;1-6-9-8(13-10-6)7-5-11(2)3-4-12-7;1-7-2-3-10-5(4-7)6(8)9;1-2(3)4-5;;;;;;;;/h7H,3-5H2,1-2H3,(H2,9,10);7H,3-5H2,1-2H3;5H,2-4H2,1H3,(H,8,9);5H,1H3,(H2,3,4);5*1H4;3*1H3. The van der Waals surface area contributed by atoms with E-state index in [1.807, 2.05) is 23.9 Å². The van der Waals surface area contributed by atoms with E-state index in [1.54, 1.807) is 13.8 Å². The molecule has 0 amide bonds. The fourth-order valence-corrected chi connectivity index (χ4v) is 3.39. The lowest BCUT2D eigenvalue weighted by Gasteiger charge is -2.27. The van der Waals surface area contributed by atoms with Crippen molar-refractivity contribution in [3.8, 4) is 0 Å². The van der Waals surface area contributed by atoms with Crippen LogP contribution in [0.3, 0.4) is 0 Å². The van der Waals surface area contributed by atoms with Crippen molar-refractivity contribution in [1.82, 2.24) is 24.8 Å². The van der Waals surface area contributed by atoms with E-state index in [2.05, 4.69) is 37.2 Å². The minimum Gasteiger partial charge on any atom is -0.479 e. The van der Waals surface area contributed by atoms with Crippen LogP contribution in [0.25, 0.3) is 0 Å². The summed E-state index contributed by atoms with van der Waals surface area (Å²) in [4.78, 5) is 36.5. The summed E-state index contributed by atoms with van der Waals surface area (Å²) in [5.41, 5.74) is 10.0. The normalized spacial score (nSPS) is 20.2. The number of carboxylic acids is 1. The number of aryl methyl sites for hydroxylation is 1. The molecule has 0 saturated carbocycles. The zero-order chi connectivity index (χ0) is 31.7. The highest BCUT2D eigenvalue weighted by molar-refractivity contribution is 6.92. The Morgan fingerprint density at radius 3 is 1.56 bits per heavy atom. The van der Waals surface area contributed by atoms with Crippen LogP contribution in [0.15, 0.2) is 14.8 Å². The molecule has 1 aromatic heterocycles. The molecule has 6 unspecified atom stereocenters. The number of carboxylic acid groups (broad SMARTS) is 1. The van der Waals surface area contributed by atoms with Crippen molar-refractivity contribution >= 4 is 53.3 Å². The van der Waals surface area contributed by atoms with Crippen LogP contribution in [-0.2, 0) is 28.6 Å². The van der Waals surface area contributed by atoms with Crippen molar-refractivity contribution in [2.75, 3.05) is 80.2 Å². The summed E-state index contributed by atoms with van der Waals surface area (Å²) in [6.07, 6.45) is -1.24. The molecule has 0 bridgehead atoms. The number of oxime groups is 2. The molecule has 3 aliphatic heterocycles. The summed E-state index contributed by atoms with van der Waals surface area (Å²) in [5.74, 6) is 0.274. The summed E-state index contributed by atoms with van der Waals surface area (Å²) >= 11 is 0. The Hall–Kier alpha value is -2.13. The lowest BCUT2D eigenvalue weighted by molar-refractivity contribution is -0.162. The second-order valence-electron chi connectivity index (χ2n) is 9.77. The fourth-order valence-electron chi connectivity index (χ4n) is 3.39. The predicted molar refractivity (Wildman–Crippen MR) is 217 cm³/mol. The van der Waals surface area contributed by atoms with Gasteiger partial charge in [-0.3, -0.25) is 0 Å². The number of carbonyl (C=O) groups excluding carboxylic acids is 1. The third-order valence-electron chi connectivity index (χ3n) is 5.60. The van der Waals surface area contributed by atoms with Gasteiger partial charge >= 0.3 is 11.9 Å². The molecule has 6 atom stereocenters. The van der Waals surface area contributed by atoms with Crippen molar-refractivity contribution in [3.05, 3.63) is 11.7 Å². The van der Waals surface area contributed by atoms with Gasteiger partial charge in [-0.05, 0) is 41.9 Å². The van der Waals surface area contributed by atoms with Gasteiger partial charge in [-0.15, -0.1) is 0 Å². The van der Waals surface area contributed by atoms with Crippen molar-refractivity contribution < 1.29 is 43.5 Å². The summed E-state index contributed by atoms with van der Waals surface area (Å²) in [6.45, 7) is 11.1. The van der Waals surface area contributed by atoms with E-state index < -0.39 is 24.1 Å². The summed E-state index contributed by atoms with van der Waals surface area (Å²) in [6, 6.07) is 0. The minimum atomic E-state index is -0.869. The molecule has 3 aliphatic rings. The van der Waals surface area contributed by atoms with E-state index >= 15 is 0 Å². The molecule has 4 rings (SSSR count). The van der Waals surface area contributed by atoms with Gasteiger partial charge in [0, 0.05) is 39.3 Å². The molecular formula is C29H74N9O9P3. The van der Waals surface area contributed by atoms with Gasteiger partial charge in [-0.1, -0.05) is 52.6 Å². The van der Waals surface area contributed by atoms with Crippen LogP contribution in [0.4, 0.5) is 0 Å². The quantitative estimate of drug-likeness (QED) is 0.0854. The SMILES string of the molecule is C.C.C.C.C.C/C(N)=N\OC(=O)C1CN(C)CCO1.CC(N)=NO.CN1CCOC(C(=O)O)C1.Cc1noc(C2CN(C)CCO2)n1.P.P.P. The molecule has 3 fully saturated rings. The Bertz CT molecular complexity index is 1020. The van der Waals surface area contributed by atoms with Gasteiger partial charge in [-0.25, -0.2) is 9.59 Å². The number of nitrogens with two attached hydrogens (primary N) is 2. The smallest absolute Gasteiger partial charge is 0.364 e. The highest BCUT2D eigenvalue weighted by Crippen LogP contribution is 2.19. The molecule has 18 nitrogen and oxygen atoms in total. The second kappa shape index (κ2) is 36.7. The number of amidine groups is 2. The zero-order valence-electron chi connectivity index (χ0n) is 27.3. The first-order chi connectivity index (χ1) is 19.8. The Balaban J connectivity index is -0.0000000774. The van der Waals surface area contributed by atoms with Gasteiger partial charge < -0.3 is 60.1 Å². The maximum absolute atomic E-state index is 11.3. The monoisotopic (exact) mass is 785 g/mol.